The molecule has 0 saturated heterocycles. The maximum absolute atomic E-state index is 15.3. The first-order valence-corrected chi connectivity index (χ1v) is 10.7. The van der Waals surface area contributed by atoms with Crippen LogP contribution in [0.1, 0.15) is 18.5 Å². The van der Waals surface area contributed by atoms with Crippen LogP contribution in [0, 0.1) is 11.6 Å². The smallest absolute Gasteiger partial charge is 0.235 e. The first-order chi connectivity index (χ1) is 15.5. The Morgan fingerprint density at radius 1 is 1.12 bits per heavy atom. The minimum atomic E-state index is -0.766. The largest absolute Gasteiger partial charge is 0.493 e. The molecule has 0 amide bonds. The highest BCUT2D eigenvalue weighted by molar-refractivity contribution is 6.32. The first-order valence-electron chi connectivity index (χ1n) is 10.3. The van der Waals surface area contributed by atoms with E-state index >= 15 is 8.78 Å². The molecule has 1 aliphatic rings. The van der Waals surface area contributed by atoms with Crippen LogP contribution in [0.4, 0.5) is 8.78 Å². The molecule has 1 aromatic carbocycles. The normalized spacial score (nSPS) is 13.6. The molecule has 4 rings (SSSR count). The minimum Gasteiger partial charge on any atom is -0.493 e. The minimum absolute atomic E-state index is 0.0192. The van der Waals surface area contributed by atoms with Crippen LogP contribution < -0.4 is 4.74 Å². The summed E-state index contributed by atoms with van der Waals surface area (Å²) in [5.41, 5.74) is 1.32. The van der Waals surface area contributed by atoms with Crippen LogP contribution in [0.2, 0.25) is 5.15 Å². The monoisotopic (exact) mass is 456 g/mol. The Morgan fingerprint density at radius 3 is 2.66 bits per heavy atom. The van der Waals surface area contributed by atoms with Crippen LogP contribution in [0.3, 0.4) is 0 Å². The van der Waals surface area contributed by atoms with Crippen LogP contribution in [0.25, 0.3) is 22.5 Å². The summed E-state index contributed by atoms with van der Waals surface area (Å²) in [7, 11) is 3.91. The molecule has 0 unspecified atom stereocenters. The summed E-state index contributed by atoms with van der Waals surface area (Å²) < 4.78 is 37.8. The summed E-state index contributed by atoms with van der Waals surface area (Å²) in [6, 6.07) is 2.38. The third-order valence-electron chi connectivity index (χ3n) is 5.09. The SMILES string of the molecule is CN(C)CCCOc1cc(F)c(-c2c(Cl)nc3nccn3c2C2=CC=CC=CC2)c(F)c1. The Kier molecular flexibility index (Phi) is 6.67. The maximum atomic E-state index is 15.3. The topological polar surface area (TPSA) is 42.7 Å². The van der Waals surface area contributed by atoms with Gasteiger partial charge in [-0.05, 0) is 32.5 Å². The van der Waals surface area contributed by atoms with Crippen molar-refractivity contribution in [3.05, 3.63) is 77.4 Å². The van der Waals surface area contributed by atoms with Gasteiger partial charge < -0.3 is 9.64 Å². The number of imidazole rings is 1. The number of hydrogen-bond donors (Lipinski definition) is 0. The quantitative estimate of drug-likeness (QED) is 0.345. The zero-order valence-corrected chi connectivity index (χ0v) is 18.6. The molecule has 0 aliphatic heterocycles. The Bertz CT molecular complexity index is 1210. The fourth-order valence-corrected chi connectivity index (χ4v) is 3.91. The van der Waals surface area contributed by atoms with E-state index < -0.39 is 11.6 Å². The lowest BCUT2D eigenvalue weighted by molar-refractivity contribution is 0.279. The van der Waals surface area contributed by atoms with Crippen molar-refractivity contribution in [2.45, 2.75) is 12.8 Å². The van der Waals surface area contributed by atoms with E-state index in [9.17, 15) is 0 Å². The zero-order valence-electron chi connectivity index (χ0n) is 17.9. The highest BCUT2D eigenvalue weighted by Crippen LogP contribution is 2.40. The molecule has 32 heavy (non-hydrogen) atoms. The van der Waals surface area contributed by atoms with Gasteiger partial charge >= 0.3 is 0 Å². The van der Waals surface area contributed by atoms with E-state index in [-0.39, 0.29) is 22.0 Å². The second kappa shape index (κ2) is 9.63. The van der Waals surface area contributed by atoms with E-state index in [1.165, 1.54) is 12.1 Å². The van der Waals surface area contributed by atoms with Crippen molar-refractivity contribution >= 4 is 23.0 Å². The second-order valence-electron chi connectivity index (χ2n) is 7.70. The summed E-state index contributed by atoms with van der Waals surface area (Å²) in [5.74, 6) is -1.04. The summed E-state index contributed by atoms with van der Waals surface area (Å²) in [4.78, 5) is 10.5. The number of fused-ring (bicyclic) bond motifs is 1. The fourth-order valence-electron chi connectivity index (χ4n) is 3.65. The van der Waals surface area contributed by atoms with Gasteiger partial charge in [0.2, 0.25) is 5.78 Å². The first kappa shape index (κ1) is 22.2. The highest BCUT2D eigenvalue weighted by atomic mass is 35.5. The fraction of sp³-hybridized carbons (Fsp3) is 0.250. The van der Waals surface area contributed by atoms with E-state index in [1.54, 1.807) is 16.8 Å². The molecule has 3 aromatic rings. The number of nitrogens with zero attached hydrogens (tertiary/aromatic N) is 4. The van der Waals surface area contributed by atoms with Crippen LogP contribution in [-0.4, -0.2) is 46.5 Å². The van der Waals surface area contributed by atoms with E-state index in [4.69, 9.17) is 16.3 Å². The third kappa shape index (κ3) is 4.59. The average Bonchev–Trinajstić information content (AvgIpc) is 3.03. The van der Waals surface area contributed by atoms with Gasteiger partial charge in [0.1, 0.15) is 22.5 Å². The Labute approximate surface area is 190 Å². The highest BCUT2D eigenvalue weighted by Gasteiger charge is 2.25. The Morgan fingerprint density at radius 2 is 1.91 bits per heavy atom. The van der Waals surface area contributed by atoms with Crippen LogP contribution in [-0.2, 0) is 0 Å². The molecule has 166 valence electrons. The van der Waals surface area contributed by atoms with Gasteiger partial charge in [-0.1, -0.05) is 42.0 Å². The summed E-state index contributed by atoms with van der Waals surface area (Å²) in [6.45, 7) is 1.17. The molecule has 0 radical (unpaired) electrons. The standard InChI is InChI=1S/C24H23ClF2N4O/c1-30(2)11-7-13-32-17-14-18(26)20(19(27)15-17)21-22(16-8-5-3-4-6-9-16)31-12-10-28-24(31)29-23(21)25/h3-6,8,10,12,14-15H,7,9,11,13H2,1-2H3. The molecule has 0 spiro atoms. The summed E-state index contributed by atoms with van der Waals surface area (Å²) >= 11 is 6.48. The lowest BCUT2D eigenvalue weighted by Gasteiger charge is -2.17. The van der Waals surface area contributed by atoms with E-state index in [0.29, 0.717) is 24.5 Å². The Hall–Kier alpha value is -3.03. The molecule has 0 N–H and O–H groups in total. The molecule has 0 atom stereocenters. The molecular weight excluding hydrogens is 434 g/mol. The van der Waals surface area contributed by atoms with Gasteiger partial charge in [-0.15, -0.1) is 0 Å². The predicted octanol–water partition coefficient (Wildman–Crippen LogP) is 5.56. The van der Waals surface area contributed by atoms with Crippen molar-refractivity contribution in [2.24, 2.45) is 0 Å². The molecule has 2 heterocycles. The molecule has 0 fully saturated rings. The van der Waals surface area contributed by atoms with Crippen molar-refractivity contribution in [1.82, 2.24) is 19.3 Å². The third-order valence-corrected chi connectivity index (χ3v) is 5.36. The van der Waals surface area contributed by atoms with Gasteiger partial charge in [-0.3, -0.25) is 4.40 Å². The van der Waals surface area contributed by atoms with Gasteiger partial charge in [0.15, 0.2) is 0 Å². The molecule has 8 heteroatoms. The lowest BCUT2D eigenvalue weighted by Crippen LogP contribution is -2.15. The molecule has 5 nitrogen and oxygen atoms in total. The van der Waals surface area contributed by atoms with Gasteiger partial charge in [-0.25, -0.2) is 13.8 Å². The van der Waals surface area contributed by atoms with Gasteiger partial charge in [0.05, 0.1) is 17.9 Å². The number of rotatable bonds is 7. The van der Waals surface area contributed by atoms with E-state index in [0.717, 1.165) is 18.5 Å². The number of ether oxygens (including phenoxy) is 1. The number of hydrogen-bond acceptors (Lipinski definition) is 4. The second-order valence-corrected chi connectivity index (χ2v) is 8.06. The average molecular weight is 457 g/mol. The number of allylic oxidation sites excluding steroid dienone is 6. The molecule has 0 bridgehead atoms. The van der Waals surface area contributed by atoms with E-state index in [1.807, 2.05) is 49.4 Å². The van der Waals surface area contributed by atoms with Crippen molar-refractivity contribution in [3.63, 3.8) is 0 Å². The molecule has 1 aliphatic carbocycles. The van der Waals surface area contributed by atoms with Gasteiger partial charge in [-0.2, -0.15) is 4.98 Å². The number of benzene rings is 1. The molecular formula is C24H23ClF2N4O. The number of halogens is 3. The molecule has 0 saturated carbocycles. The van der Waals surface area contributed by atoms with Crippen LogP contribution in [0.15, 0.2) is 54.9 Å². The van der Waals surface area contributed by atoms with E-state index in [2.05, 4.69) is 9.97 Å². The van der Waals surface area contributed by atoms with Gasteiger partial charge in [0, 0.05) is 36.6 Å². The zero-order chi connectivity index (χ0) is 22.7. The van der Waals surface area contributed by atoms with Crippen molar-refractivity contribution in [2.75, 3.05) is 27.2 Å². The predicted molar refractivity (Wildman–Crippen MR) is 123 cm³/mol. The lowest BCUT2D eigenvalue weighted by atomic mass is 9.97. The van der Waals surface area contributed by atoms with Crippen molar-refractivity contribution < 1.29 is 13.5 Å². The maximum Gasteiger partial charge on any atom is 0.235 e. The summed E-state index contributed by atoms with van der Waals surface area (Å²) in [6.07, 6.45) is 14.1. The summed E-state index contributed by atoms with van der Waals surface area (Å²) in [5, 5.41) is -0.0192. The van der Waals surface area contributed by atoms with Crippen LogP contribution >= 0.6 is 11.6 Å². The van der Waals surface area contributed by atoms with Crippen molar-refractivity contribution in [1.29, 1.82) is 0 Å². The van der Waals surface area contributed by atoms with Crippen LogP contribution in [0.5, 0.6) is 5.75 Å². The van der Waals surface area contributed by atoms with Crippen molar-refractivity contribution in [3.8, 4) is 16.9 Å². The number of aromatic nitrogens is 3. The Balaban J connectivity index is 1.80. The molecule has 2 aromatic heterocycles. The van der Waals surface area contributed by atoms with Gasteiger partial charge in [0.25, 0.3) is 0 Å².